The molecule has 26 heavy (non-hydrogen) atoms. The number of carboxylic acids is 1. The van der Waals surface area contributed by atoms with Gasteiger partial charge >= 0.3 is 5.97 Å². The number of carbonyl (C=O) groups is 1. The molecule has 3 aromatic rings. The van der Waals surface area contributed by atoms with Gasteiger partial charge in [0.1, 0.15) is 5.82 Å². The Labute approximate surface area is 148 Å². The van der Waals surface area contributed by atoms with E-state index in [1.54, 1.807) is 18.2 Å². The minimum absolute atomic E-state index is 0.0119. The number of aromatic carboxylic acids is 1. The molecule has 2 aromatic heterocycles. The number of hydrogen-bond acceptors (Lipinski definition) is 6. The predicted octanol–water partition coefficient (Wildman–Crippen LogP) is 1.48. The number of carboxylic acid groups (broad SMARTS) is 1. The molecule has 0 amide bonds. The Balaban J connectivity index is 1.59. The molecule has 0 radical (unpaired) electrons. The Bertz CT molecular complexity index is 963. The number of piperazine rings is 1. The molecular formula is C17H17FN6O2. The van der Waals surface area contributed by atoms with Crippen LogP contribution in [0.5, 0.6) is 0 Å². The van der Waals surface area contributed by atoms with Crippen LogP contribution in [0, 0.1) is 5.82 Å². The van der Waals surface area contributed by atoms with Crippen molar-refractivity contribution in [2.24, 2.45) is 0 Å². The van der Waals surface area contributed by atoms with Crippen molar-refractivity contribution in [3.8, 4) is 0 Å². The van der Waals surface area contributed by atoms with Crippen molar-refractivity contribution in [1.29, 1.82) is 0 Å². The fourth-order valence-electron chi connectivity index (χ4n) is 3.23. The zero-order chi connectivity index (χ0) is 18.3. The molecule has 0 bridgehead atoms. The summed E-state index contributed by atoms with van der Waals surface area (Å²) in [5.41, 5.74) is 7.88. The minimum atomic E-state index is -1.09. The van der Waals surface area contributed by atoms with Crippen LogP contribution in [0.4, 0.5) is 21.7 Å². The third-order valence-corrected chi connectivity index (χ3v) is 4.51. The first-order valence-electron chi connectivity index (χ1n) is 8.17. The van der Waals surface area contributed by atoms with Crippen molar-refractivity contribution in [3.05, 3.63) is 47.9 Å². The van der Waals surface area contributed by atoms with Crippen LogP contribution < -0.4 is 15.5 Å². The summed E-state index contributed by atoms with van der Waals surface area (Å²) in [6, 6.07) is 9.68. The molecule has 3 heterocycles. The Kier molecular flexibility index (Phi) is 3.83. The van der Waals surface area contributed by atoms with Crippen LogP contribution in [0.2, 0.25) is 0 Å². The minimum Gasteiger partial charge on any atom is -0.477 e. The Morgan fingerprint density at radius 3 is 2.35 bits per heavy atom. The maximum absolute atomic E-state index is 13.1. The molecule has 1 aliphatic rings. The van der Waals surface area contributed by atoms with E-state index in [0.717, 1.165) is 24.5 Å². The predicted molar refractivity (Wildman–Crippen MR) is 95.2 cm³/mol. The van der Waals surface area contributed by atoms with Crippen molar-refractivity contribution in [2.75, 3.05) is 41.7 Å². The molecule has 0 aliphatic carbocycles. The molecule has 4 rings (SSSR count). The highest BCUT2D eigenvalue weighted by molar-refractivity contribution is 5.88. The molecule has 0 saturated carbocycles. The van der Waals surface area contributed by atoms with E-state index in [1.165, 1.54) is 22.7 Å². The molecule has 8 nitrogen and oxygen atoms in total. The van der Waals surface area contributed by atoms with Crippen LogP contribution in [0.3, 0.4) is 0 Å². The first-order valence-corrected chi connectivity index (χ1v) is 8.17. The van der Waals surface area contributed by atoms with Crippen LogP contribution in [-0.4, -0.2) is 51.9 Å². The Hall–Kier alpha value is -3.36. The molecule has 0 spiro atoms. The number of aromatic nitrogens is 3. The number of anilines is 3. The largest absolute Gasteiger partial charge is 0.477 e. The average molecular weight is 356 g/mol. The normalized spacial score (nSPS) is 14.8. The summed E-state index contributed by atoms with van der Waals surface area (Å²) in [6.45, 7) is 2.93. The lowest BCUT2D eigenvalue weighted by atomic mass is 10.2. The highest BCUT2D eigenvalue weighted by Gasteiger charge is 2.22. The summed E-state index contributed by atoms with van der Waals surface area (Å²) >= 11 is 0. The Morgan fingerprint density at radius 2 is 1.69 bits per heavy atom. The van der Waals surface area contributed by atoms with Crippen LogP contribution in [0.25, 0.3) is 5.65 Å². The monoisotopic (exact) mass is 356 g/mol. The maximum atomic E-state index is 13.1. The second-order valence-electron chi connectivity index (χ2n) is 6.06. The molecule has 1 saturated heterocycles. The number of pyridine rings is 1. The van der Waals surface area contributed by atoms with E-state index in [4.69, 9.17) is 5.73 Å². The van der Waals surface area contributed by atoms with E-state index < -0.39 is 5.97 Å². The second-order valence-corrected chi connectivity index (χ2v) is 6.06. The third-order valence-electron chi connectivity index (χ3n) is 4.51. The van der Waals surface area contributed by atoms with Gasteiger partial charge in [-0.15, -0.1) is 5.10 Å². The van der Waals surface area contributed by atoms with E-state index in [2.05, 4.69) is 19.9 Å². The Morgan fingerprint density at radius 1 is 1.04 bits per heavy atom. The number of nitrogens with two attached hydrogens (primary N) is 1. The van der Waals surface area contributed by atoms with Crippen molar-refractivity contribution in [3.63, 3.8) is 0 Å². The quantitative estimate of drug-likeness (QED) is 0.733. The van der Waals surface area contributed by atoms with E-state index in [1.807, 2.05) is 0 Å². The lowest BCUT2D eigenvalue weighted by molar-refractivity contribution is 0.0687. The lowest BCUT2D eigenvalue weighted by Crippen LogP contribution is -2.46. The first-order chi connectivity index (χ1) is 12.5. The van der Waals surface area contributed by atoms with Crippen molar-refractivity contribution >= 4 is 28.9 Å². The third kappa shape index (κ3) is 2.77. The maximum Gasteiger partial charge on any atom is 0.354 e. The number of fused-ring (bicyclic) bond motifs is 1. The fourth-order valence-corrected chi connectivity index (χ4v) is 3.23. The number of rotatable bonds is 3. The van der Waals surface area contributed by atoms with Crippen LogP contribution in [0.15, 0.2) is 36.4 Å². The van der Waals surface area contributed by atoms with E-state index in [0.29, 0.717) is 18.7 Å². The molecule has 1 aliphatic heterocycles. The molecule has 1 fully saturated rings. The van der Waals surface area contributed by atoms with Crippen LogP contribution in [0.1, 0.15) is 10.5 Å². The van der Waals surface area contributed by atoms with Crippen LogP contribution >= 0.6 is 0 Å². The molecule has 0 atom stereocenters. The summed E-state index contributed by atoms with van der Waals surface area (Å²) in [5, 5.41) is 13.3. The van der Waals surface area contributed by atoms with Gasteiger partial charge in [-0.1, -0.05) is 0 Å². The summed E-state index contributed by atoms with van der Waals surface area (Å²) in [4.78, 5) is 19.8. The number of nitrogens with zero attached hydrogens (tertiary/aromatic N) is 5. The van der Waals surface area contributed by atoms with Gasteiger partial charge in [-0.2, -0.15) is 4.98 Å². The standard InChI is InChI=1S/C17H17FN6O2/c18-11-1-3-12(4-2-11)22-7-9-23(10-8-22)13-5-6-14(16(25)26)24-15(13)20-17(19)21-24/h1-6H,7-10H2,(H2,19,21)(H,25,26). The molecular weight excluding hydrogens is 339 g/mol. The highest BCUT2D eigenvalue weighted by atomic mass is 19.1. The topological polar surface area (TPSA) is 100.0 Å². The molecule has 134 valence electrons. The number of hydrogen-bond donors (Lipinski definition) is 2. The summed E-state index contributed by atoms with van der Waals surface area (Å²) in [6.07, 6.45) is 0. The molecule has 9 heteroatoms. The number of nitrogen functional groups attached to an aromatic ring is 1. The van der Waals surface area contributed by atoms with Gasteiger partial charge in [0, 0.05) is 31.9 Å². The fraction of sp³-hybridized carbons (Fsp3) is 0.235. The SMILES string of the molecule is Nc1nc2c(N3CCN(c4ccc(F)cc4)CC3)ccc(C(=O)O)n2n1. The molecule has 0 unspecified atom stereocenters. The van der Waals surface area contributed by atoms with Gasteiger partial charge in [0.2, 0.25) is 5.95 Å². The zero-order valence-corrected chi connectivity index (χ0v) is 13.8. The van der Waals surface area contributed by atoms with Crippen molar-refractivity contribution in [1.82, 2.24) is 14.6 Å². The van der Waals surface area contributed by atoms with Crippen molar-refractivity contribution < 1.29 is 14.3 Å². The van der Waals surface area contributed by atoms with Gasteiger partial charge in [-0.25, -0.2) is 13.7 Å². The summed E-state index contributed by atoms with van der Waals surface area (Å²) in [5.74, 6) is -1.31. The number of halogens is 1. The number of benzene rings is 1. The van der Waals surface area contributed by atoms with E-state index in [-0.39, 0.29) is 17.5 Å². The van der Waals surface area contributed by atoms with Gasteiger partial charge in [-0.3, -0.25) is 0 Å². The van der Waals surface area contributed by atoms with Gasteiger partial charge in [0.15, 0.2) is 11.3 Å². The highest BCUT2D eigenvalue weighted by Crippen LogP contribution is 2.25. The van der Waals surface area contributed by atoms with Gasteiger partial charge in [0.05, 0.1) is 5.69 Å². The van der Waals surface area contributed by atoms with Gasteiger partial charge in [0.25, 0.3) is 0 Å². The molecule has 3 N–H and O–H groups in total. The summed E-state index contributed by atoms with van der Waals surface area (Å²) in [7, 11) is 0. The first kappa shape index (κ1) is 16.1. The second kappa shape index (κ2) is 6.17. The zero-order valence-electron chi connectivity index (χ0n) is 13.8. The lowest BCUT2D eigenvalue weighted by Gasteiger charge is -2.37. The van der Waals surface area contributed by atoms with E-state index in [9.17, 15) is 14.3 Å². The smallest absolute Gasteiger partial charge is 0.354 e. The van der Waals surface area contributed by atoms with Gasteiger partial charge < -0.3 is 20.6 Å². The van der Waals surface area contributed by atoms with Crippen molar-refractivity contribution in [2.45, 2.75) is 0 Å². The summed E-state index contributed by atoms with van der Waals surface area (Å²) < 4.78 is 14.3. The van der Waals surface area contributed by atoms with Gasteiger partial charge in [-0.05, 0) is 36.4 Å². The van der Waals surface area contributed by atoms with Crippen LogP contribution in [-0.2, 0) is 0 Å². The molecule has 1 aromatic carbocycles. The average Bonchev–Trinajstić information content (AvgIpc) is 3.02. The van der Waals surface area contributed by atoms with E-state index >= 15 is 0 Å².